The van der Waals surface area contributed by atoms with E-state index in [4.69, 9.17) is 5.11 Å². The van der Waals surface area contributed by atoms with Crippen LogP contribution in [0.1, 0.15) is 29.9 Å². The summed E-state index contributed by atoms with van der Waals surface area (Å²) in [5.41, 5.74) is 0. The van der Waals surface area contributed by atoms with Gasteiger partial charge in [0.15, 0.2) is 10.8 Å². The van der Waals surface area contributed by atoms with E-state index in [2.05, 4.69) is 15.0 Å². The summed E-state index contributed by atoms with van der Waals surface area (Å²) in [5.74, 6) is -0.690. The van der Waals surface area contributed by atoms with Crippen LogP contribution in [0.4, 0.5) is 0 Å². The molecule has 0 bridgehead atoms. The number of thiazole rings is 1. The van der Waals surface area contributed by atoms with Crippen molar-refractivity contribution in [1.82, 2.24) is 19.9 Å². The molecule has 2 rings (SSSR count). The molecule has 22 heavy (non-hydrogen) atoms. The van der Waals surface area contributed by atoms with Crippen molar-refractivity contribution in [2.24, 2.45) is 0 Å². The zero-order valence-corrected chi connectivity index (χ0v) is 13.1. The summed E-state index contributed by atoms with van der Waals surface area (Å²) >= 11 is 1.20. The minimum atomic E-state index is -0.930. The highest BCUT2D eigenvalue weighted by Crippen LogP contribution is 2.23. The van der Waals surface area contributed by atoms with Crippen molar-refractivity contribution < 1.29 is 14.7 Å². The average Bonchev–Trinajstić information content (AvgIpc) is 2.97. The summed E-state index contributed by atoms with van der Waals surface area (Å²) in [5, 5.41) is 9.35. The predicted molar refractivity (Wildman–Crippen MR) is 81.6 cm³/mol. The van der Waals surface area contributed by atoms with Gasteiger partial charge in [0.1, 0.15) is 4.88 Å². The molecule has 1 amide bonds. The minimum Gasteiger partial charge on any atom is -0.481 e. The molecule has 1 N–H and O–H groups in total. The van der Waals surface area contributed by atoms with Gasteiger partial charge in [-0.2, -0.15) is 0 Å². The van der Waals surface area contributed by atoms with Gasteiger partial charge in [-0.25, -0.2) is 15.0 Å². The second-order valence-corrected chi connectivity index (χ2v) is 5.87. The Morgan fingerprint density at radius 3 is 2.55 bits per heavy atom. The normalized spacial score (nSPS) is 10.7. The highest BCUT2D eigenvalue weighted by Gasteiger charge is 2.22. The molecule has 7 nitrogen and oxygen atoms in total. The first-order valence-corrected chi connectivity index (χ1v) is 7.56. The van der Waals surface area contributed by atoms with Gasteiger partial charge in [-0.3, -0.25) is 9.59 Å². The third-order valence-electron chi connectivity index (χ3n) is 2.92. The molecule has 2 aromatic rings. The molecule has 0 aliphatic rings. The van der Waals surface area contributed by atoms with E-state index in [-0.39, 0.29) is 24.9 Å². The van der Waals surface area contributed by atoms with Crippen LogP contribution in [0, 0.1) is 0 Å². The first kappa shape index (κ1) is 16.0. The van der Waals surface area contributed by atoms with Crippen LogP contribution >= 0.6 is 11.3 Å². The maximum Gasteiger partial charge on any atom is 0.305 e. The van der Waals surface area contributed by atoms with Gasteiger partial charge in [-0.05, 0) is 19.9 Å². The van der Waals surface area contributed by atoms with Gasteiger partial charge >= 0.3 is 5.97 Å². The second kappa shape index (κ2) is 7.08. The van der Waals surface area contributed by atoms with Crippen molar-refractivity contribution in [3.8, 4) is 10.8 Å². The number of aliphatic carboxylic acids is 1. The number of rotatable bonds is 6. The van der Waals surface area contributed by atoms with Crippen LogP contribution in [0.25, 0.3) is 10.8 Å². The molecule has 0 aliphatic carbocycles. The van der Waals surface area contributed by atoms with Gasteiger partial charge in [0.05, 0.1) is 12.6 Å². The molecule has 0 spiro atoms. The monoisotopic (exact) mass is 320 g/mol. The number of amides is 1. The van der Waals surface area contributed by atoms with Crippen molar-refractivity contribution in [2.45, 2.75) is 26.3 Å². The van der Waals surface area contributed by atoms with Gasteiger partial charge in [0.25, 0.3) is 5.91 Å². The van der Waals surface area contributed by atoms with Gasteiger partial charge < -0.3 is 10.0 Å². The minimum absolute atomic E-state index is 0.0859. The molecule has 0 aliphatic heterocycles. The largest absolute Gasteiger partial charge is 0.481 e. The Bertz CT molecular complexity index is 657. The van der Waals surface area contributed by atoms with Crippen LogP contribution in [-0.4, -0.2) is 49.4 Å². The van der Waals surface area contributed by atoms with Crippen LogP contribution in [0.5, 0.6) is 0 Å². The Balaban J connectivity index is 2.17. The quantitative estimate of drug-likeness (QED) is 0.873. The van der Waals surface area contributed by atoms with Crippen LogP contribution in [-0.2, 0) is 4.79 Å². The van der Waals surface area contributed by atoms with E-state index in [0.29, 0.717) is 15.7 Å². The fourth-order valence-electron chi connectivity index (χ4n) is 1.84. The summed E-state index contributed by atoms with van der Waals surface area (Å²) in [6.07, 6.45) is 4.61. The Morgan fingerprint density at radius 1 is 1.27 bits per heavy atom. The number of carbonyl (C=O) groups excluding carboxylic acids is 1. The van der Waals surface area contributed by atoms with Gasteiger partial charge in [-0.15, -0.1) is 11.3 Å². The first-order valence-electron chi connectivity index (χ1n) is 6.75. The topological polar surface area (TPSA) is 96.3 Å². The molecule has 0 radical (unpaired) electrons. The van der Waals surface area contributed by atoms with Crippen LogP contribution in [0.3, 0.4) is 0 Å². The Kier molecular flexibility index (Phi) is 5.16. The lowest BCUT2D eigenvalue weighted by Gasteiger charge is -2.25. The van der Waals surface area contributed by atoms with Crippen LogP contribution in [0.2, 0.25) is 0 Å². The van der Waals surface area contributed by atoms with E-state index in [1.54, 1.807) is 18.5 Å². The van der Waals surface area contributed by atoms with Gasteiger partial charge in [-0.1, -0.05) is 0 Å². The SMILES string of the molecule is CC(C)N(CCC(=O)O)C(=O)c1cnc(-c2ncccn2)s1. The Hall–Kier alpha value is -2.35. The zero-order chi connectivity index (χ0) is 16.1. The molecule has 0 saturated heterocycles. The standard InChI is InChI=1S/C14H16N4O3S/c1-9(2)18(7-4-11(19)20)14(21)10-8-17-13(22-10)12-15-5-3-6-16-12/h3,5-6,8-9H,4,7H2,1-2H3,(H,19,20). The van der Waals surface area contributed by atoms with E-state index in [0.717, 1.165) is 0 Å². The highest BCUT2D eigenvalue weighted by atomic mass is 32.1. The van der Waals surface area contributed by atoms with Crippen molar-refractivity contribution >= 4 is 23.2 Å². The van der Waals surface area contributed by atoms with Gasteiger partial charge in [0.2, 0.25) is 0 Å². The number of carboxylic acid groups (broad SMARTS) is 1. The highest BCUT2D eigenvalue weighted by molar-refractivity contribution is 7.16. The van der Waals surface area contributed by atoms with Crippen LogP contribution in [0.15, 0.2) is 24.7 Å². The molecule has 2 aromatic heterocycles. The Labute approximate surface area is 131 Å². The summed E-state index contributed by atoms with van der Waals surface area (Å²) in [6.45, 7) is 3.87. The molecule has 0 saturated carbocycles. The van der Waals surface area contributed by atoms with Crippen molar-refractivity contribution in [1.29, 1.82) is 0 Å². The molecule has 0 aromatic carbocycles. The van der Waals surface area contributed by atoms with E-state index >= 15 is 0 Å². The number of carbonyl (C=O) groups is 2. The first-order chi connectivity index (χ1) is 10.5. The number of hydrogen-bond acceptors (Lipinski definition) is 6. The van der Waals surface area contributed by atoms with Gasteiger partial charge in [0, 0.05) is 25.0 Å². The number of nitrogens with zero attached hydrogens (tertiary/aromatic N) is 4. The molecule has 8 heteroatoms. The average molecular weight is 320 g/mol. The van der Waals surface area contributed by atoms with Crippen LogP contribution < -0.4 is 0 Å². The maximum atomic E-state index is 12.5. The molecule has 0 unspecified atom stereocenters. The molecular formula is C14H16N4O3S. The van der Waals surface area contributed by atoms with E-state index in [9.17, 15) is 9.59 Å². The van der Waals surface area contributed by atoms with E-state index in [1.165, 1.54) is 22.4 Å². The molecule has 116 valence electrons. The lowest BCUT2D eigenvalue weighted by molar-refractivity contribution is -0.137. The summed E-state index contributed by atoms with van der Waals surface area (Å²) in [4.78, 5) is 37.6. The third kappa shape index (κ3) is 3.85. The number of aromatic nitrogens is 3. The smallest absolute Gasteiger partial charge is 0.305 e. The molecule has 0 fully saturated rings. The lowest BCUT2D eigenvalue weighted by Crippen LogP contribution is -2.38. The molecular weight excluding hydrogens is 304 g/mol. The zero-order valence-electron chi connectivity index (χ0n) is 12.3. The summed E-state index contributed by atoms with van der Waals surface area (Å²) in [7, 11) is 0. The second-order valence-electron chi connectivity index (χ2n) is 4.84. The molecule has 0 atom stereocenters. The fourth-order valence-corrected chi connectivity index (χ4v) is 2.66. The number of carboxylic acids is 1. The Morgan fingerprint density at radius 2 is 1.95 bits per heavy atom. The summed E-state index contributed by atoms with van der Waals surface area (Å²) < 4.78 is 0. The van der Waals surface area contributed by atoms with Crippen molar-refractivity contribution in [3.63, 3.8) is 0 Å². The number of hydrogen-bond donors (Lipinski definition) is 1. The fraction of sp³-hybridized carbons (Fsp3) is 0.357. The summed E-state index contributed by atoms with van der Waals surface area (Å²) in [6, 6.07) is 1.61. The predicted octanol–water partition coefficient (Wildman–Crippen LogP) is 1.93. The third-order valence-corrected chi connectivity index (χ3v) is 3.91. The lowest BCUT2D eigenvalue weighted by atomic mass is 10.2. The van der Waals surface area contributed by atoms with E-state index in [1.807, 2.05) is 13.8 Å². The molecule has 2 heterocycles. The van der Waals surface area contributed by atoms with Crippen molar-refractivity contribution in [2.75, 3.05) is 6.54 Å². The van der Waals surface area contributed by atoms with Crippen molar-refractivity contribution in [3.05, 3.63) is 29.5 Å². The van der Waals surface area contributed by atoms with E-state index < -0.39 is 5.97 Å². The maximum absolute atomic E-state index is 12.5.